The Kier molecular flexibility index (Phi) is 10.6. The molecule has 0 radical (unpaired) electrons. The summed E-state index contributed by atoms with van der Waals surface area (Å²) in [7, 11) is 0. The van der Waals surface area contributed by atoms with Crippen LogP contribution < -0.4 is 10.6 Å². The Morgan fingerprint density at radius 2 is 2.07 bits per heavy atom. The number of benzene rings is 1. The van der Waals surface area contributed by atoms with Gasteiger partial charge < -0.3 is 19.8 Å². The molecule has 3 rings (SSSR count). The average molecular weight is 527 g/mol. The maximum Gasteiger partial charge on any atom is 0.226 e. The highest BCUT2D eigenvalue weighted by atomic mass is 127. The van der Waals surface area contributed by atoms with Crippen LogP contribution in [0.3, 0.4) is 0 Å². The summed E-state index contributed by atoms with van der Waals surface area (Å²) >= 11 is 0. The van der Waals surface area contributed by atoms with Crippen LogP contribution in [0.2, 0.25) is 0 Å². The lowest BCUT2D eigenvalue weighted by Gasteiger charge is -2.34. The summed E-state index contributed by atoms with van der Waals surface area (Å²) in [4.78, 5) is 11.7. The van der Waals surface area contributed by atoms with Gasteiger partial charge in [-0.15, -0.1) is 24.0 Å². The number of morpholine rings is 1. The Hall–Kier alpha value is -1.65. The fourth-order valence-electron chi connectivity index (χ4n) is 3.39. The van der Waals surface area contributed by atoms with Gasteiger partial charge in [-0.1, -0.05) is 32.0 Å². The van der Waals surface area contributed by atoms with Crippen LogP contribution in [0.1, 0.15) is 26.5 Å². The molecular weight excluding hydrogens is 493 g/mol. The molecule has 1 atom stereocenters. The van der Waals surface area contributed by atoms with Crippen molar-refractivity contribution in [3.63, 3.8) is 0 Å². The van der Waals surface area contributed by atoms with E-state index in [0.717, 1.165) is 56.5 Å². The SMILES string of the molecule is CCNC(=NCc1coc(-c2ccccc2)n1)NCC1CN(CC(C)C)CCO1.I. The Balaban J connectivity index is 0.00000320. The quantitative estimate of drug-likeness (QED) is 0.312. The predicted octanol–water partition coefficient (Wildman–Crippen LogP) is 3.37. The lowest BCUT2D eigenvalue weighted by Crippen LogP contribution is -2.50. The Bertz CT molecular complexity index is 766. The zero-order chi connectivity index (χ0) is 20.5. The van der Waals surface area contributed by atoms with Crippen molar-refractivity contribution in [2.24, 2.45) is 10.9 Å². The van der Waals surface area contributed by atoms with Gasteiger partial charge in [0.2, 0.25) is 5.89 Å². The van der Waals surface area contributed by atoms with Crippen LogP contribution >= 0.6 is 24.0 Å². The fraction of sp³-hybridized carbons (Fsp3) is 0.545. The van der Waals surface area contributed by atoms with Gasteiger partial charge in [-0.25, -0.2) is 9.98 Å². The van der Waals surface area contributed by atoms with Crippen molar-refractivity contribution in [1.82, 2.24) is 20.5 Å². The summed E-state index contributed by atoms with van der Waals surface area (Å²) < 4.78 is 11.5. The second-order valence-electron chi connectivity index (χ2n) is 7.73. The summed E-state index contributed by atoms with van der Waals surface area (Å²) in [6.07, 6.45) is 1.84. The first-order valence-corrected chi connectivity index (χ1v) is 10.5. The van der Waals surface area contributed by atoms with Crippen LogP contribution in [0, 0.1) is 5.92 Å². The number of ether oxygens (including phenoxy) is 1. The van der Waals surface area contributed by atoms with Gasteiger partial charge in [-0.05, 0) is 25.0 Å². The van der Waals surface area contributed by atoms with Crippen LogP contribution in [0.4, 0.5) is 0 Å². The molecule has 0 amide bonds. The number of nitrogens with zero attached hydrogens (tertiary/aromatic N) is 3. The van der Waals surface area contributed by atoms with Gasteiger partial charge in [-0.2, -0.15) is 0 Å². The van der Waals surface area contributed by atoms with Crippen molar-refractivity contribution in [3.05, 3.63) is 42.3 Å². The second kappa shape index (κ2) is 12.9. The van der Waals surface area contributed by atoms with Gasteiger partial charge in [0.1, 0.15) is 12.0 Å². The molecule has 0 bridgehead atoms. The molecule has 7 nitrogen and oxygen atoms in total. The Labute approximate surface area is 196 Å². The highest BCUT2D eigenvalue weighted by molar-refractivity contribution is 14.0. The molecule has 1 fully saturated rings. The van der Waals surface area contributed by atoms with E-state index >= 15 is 0 Å². The molecule has 1 aromatic carbocycles. The van der Waals surface area contributed by atoms with Gasteiger partial charge in [0.15, 0.2) is 5.96 Å². The minimum Gasteiger partial charge on any atom is -0.444 e. The maximum absolute atomic E-state index is 5.92. The van der Waals surface area contributed by atoms with Crippen molar-refractivity contribution >= 4 is 29.9 Å². The summed E-state index contributed by atoms with van der Waals surface area (Å²) in [5.41, 5.74) is 1.77. The van der Waals surface area contributed by atoms with E-state index in [1.165, 1.54) is 0 Å². The van der Waals surface area contributed by atoms with Gasteiger partial charge in [-0.3, -0.25) is 4.90 Å². The van der Waals surface area contributed by atoms with Crippen molar-refractivity contribution in [2.45, 2.75) is 33.4 Å². The van der Waals surface area contributed by atoms with E-state index < -0.39 is 0 Å². The molecule has 0 saturated carbocycles. The van der Waals surface area contributed by atoms with E-state index in [0.29, 0.717) is 18.4 Å². The number of aliphatic imine (C=N–C) groups is 1. The first kappa shape index (κ1) is 24.6. The molecule has 8 heteroatoms. The van der Waals surface area contributed by atoms with Crippen molar-refractivity contribution < 1.29 is 9.15 Å². The summed E-state index contributed by atoms with van der Waals surface area (Å²) in [6, 6.07) is 9.89. The fourth-order valence-corrected chi connectivity index (χ4v) is 3.39. The van der Waals surface area contributed by atoms with Crippen LogP contribution in [-0.4, -0.2) is 61.3 Å². The Morgan fingerprint density at radius 1 is 1.27 bits per heavy atom. The van der Waals surface area contributed by atoms with Gasteiger partial charge in [0, 0.05) is 38.3 Å². The molecule has 1 aromatic heterocycles. The summed E-state index contributed by atoms with van der Waals surface area (Å²) in [6.45, 7) is 12.4. The molecule has 2 N–H and O–H groups in total. The molecular formula is C22H34IN5O2. The molecule has 1 saturated heterocycles. The van der Waals surface area contributed by atoms with E-state index in [-0.39, 0.29) is 30.1 Å². The second-order valence-corrected chi connectivity index (χ2v) is 7.73. The molecule has 2 heterocycles. The predicted molar refractivity (Wildman–Crippen MR) is 131 cm³/mol. The number of nitrogens with one attached hydrogen (secondary N) is 2. The van der Waals surface area contributed by atoms with Crippen LogP contribution in [-0.2, 0) is 11.3 Å². The van der Waals surface area contributed by atoms with Gasteiger partial charge >= 0.3 is 0 Å². The molecule has 0 aliphatic carbocycles. The highest BCUT2D eigenvalue weighted by Crippen LogP contribution is 2.18. The minimum absolute atomic E-state index is 0. The van der Waals surface area contributed by atoms with Gasteiger partial charge in [0.25, 0.3) is 0 Å². The number of halogens is 1. The third kappa shape index (κ3) is 7.88. The molecule has 2 aromatic rings. The number of guanidine groups is 1. The minimum atomic E-state index is 0. The van der Waals surface area contributed by atoms with E-state index in [1.807, 2.05) is 30.3 Å². The summed E-state index contributed by atoms with van der Waals surface area (Å²) in [5.74, 6) is 2.06. The van der Waals surface area contributed by atoms with Crippen LogP contribution in [0.25, 0.3) is 11.5 Å². The number of hydrogen-bond acceptors (Lipinski definition) is 5. The first-order chi connectivity index (χ1) is 14.1. The normalized spacial score (nSPS) is 17.6. The third-order valence-electron chi connectivity index (χ3n) is 4.66. The number of rotatable bonds is 8. The molecule has 1 unspecified atom stereocenters. The molecule has 1 aliphatic heterocycles. The van der Waals surface area contributed by atoms with Gasteiger partial charge in [0.05, 0.1) is 19.3 Å². The standard InChI is InChI=1S/C22H33N5O2.HI/c1-4-23-22(25-13-20-15-27(10-11-28-20)14-17(2)3)24-12-19-16-29-21(26-19)18-8-6-5-7-9-18;/h5-9,16-17,20H,4,10-15H2,1-3H3,(H2,23,24,25);1H. The largest absolute Gasteiger partial charge is 0.444 e. The number of hydrogen-bond donors (Lipinski definition) is 2. The lowest BCUT2D eigenvalue weighted by atomic mass is 10.2. The van der Waals surface area contributed by atoms with E-state index in [4.69, 9.17) is 9.15 Å². The zero-order valence-electron chi connectivity index (χ0n) is 18.1. The van der Waals surface area contributed by atoms with E-state index in [9.17, 15) is 0 Å². The molecule has 1 aliphatic rings. The lowest BCUT2D eigenvalue weighted by molar-refractivity contribution is -0.0284. The van der Waals surface area contributed by atoms with Crippen molar-refractivity contribution in [3.8, 4) is 11.5 Å². The number of aromatic nitrogens is 1. The van der Waals surface area contributed by atoms with Crippen LogP contribution in [0.15, 0.2) is 46.0 Å². The van der Waals surface area contributed by atoms with Crippen molar-refractivity contribution in [2.75, 3.05) is 39.3 Å². The van der Waals surface area contributed by atoms with E-state index in [2.05, 4.69) is 46.3 Å². The molecule has 166 valence electrons. The topological polar surface area (TPSA) is 74.9 Å². The van der Waals surface area contributed by atoms with Crippen LogP contribution in [0.5, 0.6) is 0 Å². The monoisotopic (exact) mass is 527 g/mol. The van der Waals surface area contributed by atoms with Crippen molar-refractivity contribution in [1.29, 1.82) is 0 Å². The van der Waals surface area contributed by atoms with E-state index in [1.54, 1.807) is 6.26 Å². The average Bonchev–Trinajstić information content (AvgIpc) is 3.20. The number of oxazole rings is 1. The summed E-state index contributed by atoms with van der Waals surface area (Å²) in [5, 5.41) is 6.69. The first-order valence-electron chi connectivity index (χ1n) is 10.5. The maximum atomic E-state index is 5.92. The third-order valence-corrected chi connectivity index (χ3v) is 4.66. The Morgan fingerprint density at radius 3 is 2.80 bits per heavy atom. The smallest absolute Gasteiger partial charge is 0.226 e. The molecule has 30 heavy (non-hydrogen) atoms. The molecule has 0 spiro atoms. The highest BCUT2D eigenvalue weighted by Gasteiger charge is 2.21. The zero-order valence-corrected chi connectivity index (χ0v) is 20.5.